The average molecular weight is 338 g/mol. The van der Waals surface area contributed by atoms with E-state index in [0.717, 1.165) is 41.7 Å². The maximum Gasteiger partial charge on any atom is 0.239 e. The summed E-state index contributed by atoms with van der Waals surface area (Å²) < 4.78 is 5.78. The zero-order chi connectivity index (χ0) is 17.3. The Morgan fingerprint density at radius 2 is 2.16 bits per heavy atom. The lowest BCUT2D eigenvalue weighted by Crippen LogP contribution is -2.53. The van der Waals surface area contributed by atoms with E-state index in [2.05, 4.69) is 11.4 Å². The van der Waals surface area contributed by atoms with Gasteiger partial charge in [0.25, 0.3) is 0 Å². The van der Waals surface area contributed by atoms with Crippen LogP contribution in [-0.4, -0.2) is 37.9 Å². The average Bonchev–Trinajstić information content (AvgIpc) is 3.05. The molecular formula is C20H22N2O3. The van der Waals surface area contributed by atoms with Gasteiger partial charge in [-0.3, -0.25) is 9.59 Å². The van der Waals surface area contributed by atoms with E-state index in [4.69, 9.17) is 4.74 Å². The summed E-state index contributed by atoms with van der Waals surface area (Å²) in [5.41, 5.74) is 2.44. The first-order valence-electron chi connectivity index (χ1n) is 9.00. The molecule has 5 rings (SSSR count). The van der Waals surface area contributed by atoms with Crippen molar-refractivity contribution < 1.29 is 14.3 Å². The third-order valence-corrected chi connectivity index (χ3v) is 6.93. The molecule has 25 heavy (non-hydrogen) atoms. The minimum Gasteiger partial charge on any atom is -0.497 e. The second-order valence-corrected chi connectivity index (χ2v) is 7.83. The lowest BCUT2D eigenvalue weighted by Gasteiger charge is -2.41. The molecule has 5 atom stereocenters. The highest BCUT2D eigenvalue weighted by Gasteiger charge is 2.63. The van der Waals surface area contributed by atoms with Gasteiger partial charge >= 0.3 is 0 Å². The molecule has 0 unspecified atom stereocenters. The van der Waals surface area contributed by atoms with Crippen molar-refractivity contribution in [2.24, 2.45) is 11.8 Å². The van der Waals surface area contributed by atoms with Gasteiger partial charge in [-0.05, 0) is 37.3 Å². The maximum atomic E-state index is 13.3. The number of para-hydroxylation sites is 1. The Labute approximate surface area is 147 Å². The summed E-state index contributed by atoms with van der Waals surface area (Å²) in [4.78, 5) is 26.8. The molecule has 1 aromatic carbocycles. The lowest BCUT2D eigenvalue weighted by molar-refractivity contribution is -0.123. The quantitative estimate of drug-likeness (QED) is 0.793. The van der Waals surface area contributed by atoms with Crippen molar-refractivity contribution in [2.75, 3.05) is 18.6 Å². The summed E-state index contributed by atoms with van der Waals surface area (Å²) in [7, 11) is 1.87. The van der Waals surface area contributed by atoms with Crippen LogP contribution in [0.3, 0.4) is 0 Å². The molecule has 0 aromatic heterocycles. The molecule has 4 aliphatic heterocycles. The number of hydrogen-bond donors (Lipinski definition) is 1. The molecule has 4 aliphatic rings. The number of anilines is 1. The Kier molecular flexibility index (Phi) is 2.99. The Bertz CT molecular complexity index is 817. The van der Waals surface area contributed by atoms with Gasteiger partial charge in [0.1, 0.15) is 6.29 Å². The molecule has 5 nitrogen and oxygen atoms in total. The number of nitrogens with zero attached hydrogens (tertiary/aromatic N) is 1. The Morgan fingerprint density at radius 3 is 2.96 bits per heavy atom. The lowest BCUT2D eigenvalue weighted by atomic mass is 9.72. The first-order valence-corrected chi connectivity index (χ1v) is 9.00. The van der Waals surface area contributed by atoms with E-state index < -0.39 is 5.41 Å². The van der Waals surface area contributed by atoms with Crippen LogP contribution in [0.25, 0.3) is 0 Å². The molecule has 1 aromatic rings. The van der Waals surface area contributed by atoms with Crippen LogP contribution in [0.1, 0.15) is 25.3 Å². The van der Waals surface area contributed by atoms with Crippen molar-refractivity contribution in [1.29, 1.82) is 0 Å². The smallest absolute Gasteiger partial charge is 0.239 e. The molecule has 0 radical (unpaired) electrons. The van der Waals surface area contributed by atoms with Gasteiger partial charge < -0.3 is 15.0 Å². The van der Waals surface area contributed by atoms with Crippen molar-refractivity contribution in [3.63, 3.8) is 0 Å². The summed E-state index contributed by atoms with van der Waals surface area (Å²) in [6, 6.07) is 8.41. The molecule has 1 N–H and O–H groups in total. The van der Waals surface area contributed by atoms with E-state index in [0.29, 0.717) is 6.61 Å². The number of benzene rings is 1. The number of likely N-dealkylation sites (N-methyl/N-ethyl adjacent to an activating group) is 1. The first kappa shape index (κ1) is 15.1. The van der Waals surface area contributed by atoms with Crippen LogP contribution >= 0.6 is 0 Å². The highest BCUT2D eigenvalue weighted by atomic mass is 16.5. The number of hydrogen-bond acceptors (Lipinski definition) is 4. The summed E-state index contributed by atoms with van der Waals surface area (Å²) in [6.45, 7) is 2.50. The van der Waals surface area contributed by atoms with E-state index in [1.54, 1.807) is 4.90 Å². The predicted octanol–water partition coefficient (Wildman–Crippen LogP) is 1.77. The SMILES string of the molecule is CC1=C(C=O)[C@H]2C[C@@H]3N[C@@H](C[C@@]34C(=O)N(C)c3ccccc34)[C@H]2CO1. The minimum absolute atomic E-state index is 0.0678. The van der Waals surface area contributed by atoms with Crippen molar-refractivity contribution in [1.82, 2.24) is 5.32 Å². The summed E-state index contributed by atoms with van der Waals surface area (Å²) >= 11 is 0. The third-order valence-electron chi connectivity index (χ3n) is 6.93. The zero-order valence-electron chi connectivity index (χ0n) is 14.5. The molecular weight excluding hydrogens is 316 g/mol. The number of allylic oxidation sites excluding steroid dienone is 2. The topological polar surface area (TPSA) is 58.6 Å². The van der Waals surface area contributed by atoms with Crippen molar-refractivity contribution >= 4 is 17.9 Å². The highest BCUT2D eigenvalue weighted by molar-refractivity contribution is 6.08. The van der Waals surface area contributed by atoms with Gasteiger partial charge in [0.2, 0.25) is 5.91 Å². The number of piperidine rings is 1. The van der Waals surface area contributed by atoms with Crippen LogP contribution in [0.5, 0.6) is 0 Å². The van der Waals surface area contributed by atoms with Crippen LogP contribution in [0.15, 0.2) is 35.6 Å². The van der Waals surface area contributed by atoms with E-state index in [-0.39, 0.29) is 29.8 Å². The molecule has 0 saturated carbocycles. The van der Waals surface area contributed by atoms with Gasteiger partial charge in [-0.1, -0.05) is 18.2 Å². The summed E-state index contributed by atoms with van der Waals surface area (Å²) in [5, 5.41) is 3.71. The van der Waals surface area contributed by atoms with Gasteiger partial charge in [0.15, 0.2) is 0 Å². The van der Waals surface area contributed by atoms with Gasteiger partial charge in [-0.25, -0.2) is 0 Å². The van der Waals surface area contributed by atoms with Crippen LogP contribution in [0, 0.1) is 11.8 Å². The maximum absolute atomic E-state index is 13.3. The first-order chi connectivity index (χ1) is 12.1. The fourth-order valence-electron chi connectivity index (χ4n) is 5.73. The number of nitrogens with one attached hydrogen (secondary N) is 1. The summed E-state index contributed by atoms with van der Waals surface area (Å²) in [5.74, 6) is 1.38. The van der Waals surface area contributed by atoms with E-state index >= 15 is 0 Å². The van der Waals surface area contributed by atoms with E-state index in [1.165, 1.54) is 0 Å². The van der Waals surface area contributed by atoms with Gasteiger partial charge in [0.05, 0.1) is 17.8 Å². The van der Waals surface area contributed by atoms with Gasteiger partial charge in [0, 0.05) is 36.3 Å². The molecule has 2 bridgehead atoms. The zero-order valence-corrected chi connectivity index (χ0v) is 14.5. The van der Waals surface area contributed by atoms with E-state index in [9.17, 15) is 9.59 Å². The third kappa shape index (κ3) is 1.72. The minimum atomic E-state index is -0.505. The summed E-state index contributed by atoms with van der Waals surface area (Å²) in [6.07, 6.45) is 2.55. The molecule has 5 heteroatoms. The van der Waals surface area contributed by atoms with Crippen molar-refractivity contribution in [2.45, 2.75) is 37.3 Å². The fourth-order valence-corrected chi connectivity index (χ4v) is 5.73. The molecule has 4 heterocycles. The number of amides is 1. The van der Waals surface area contributed by atoms with Crippen LogP contribution in [0.2, 0.25) is 0 Å². The number of ether oxygens (including phenoxy) is 1. The molecule has 2 fully saturated rings. The monoisotopic (exact) mass is 338 g/mol. The van der Waals surface area contributed by atoms with Gasteiger partial charge in [-0.2, -0.15) is 0 Å². The fraction of sp³-hybridized carbons (Fsp3) is 0.500. The molecule has 1 amide bonds. The number of aldehydes is 1. The number of rotatable bonds is 1. The van der Waals surface area contributed by atoms with Crippen molar-refractivity contribution in [3.8, 4) is 0 Å². The largest absolute Gasteiger partial charge is 0.497 e. The normalized spacial score (nSPS) is 38.6. The van der Waals surface area contributed by atoms with Gasteiger partial charge in [-0.15, -0.1) is 0 Å². The second kappa shape index (κ2) is 4.94. The standard InChI is InChI=1S/C20H22N2O3/c1-11-13(9-23)12-7-18-20(8-16(21-18)14(12)10-25-11)15-5-3-4-6-17(15)22(2)19(20)24/h3-6,9,12,14,16,18,21H,7-8,10H2,1-2H3/t12-,14+,16+,18+,20+/m1/s1. The second-order valence-electron chi connectivity index (χ2n) is 7.83. The van der Waals surface area contributed by atoms with Crippen molar-refractivity contribution in [3.05, 3.63) is 41.2 Å². The Morgan fingerprint density at radius 1 is 1.36 bits per heavy atom. The highest BCUT2D eigenvalue weighted by Crippen LogP contribution is 2.55. The predicted molar refractivity (Wildman–Crippen MR) is 93.2 cm³/mol. The van der Waals surface area contributed by atoms with E-state index in [1.807, 2.05) is 32.2 Å². The number of fused-ring (bicyclic) bond motifs is 7. The van der Waals surface area contributed by atoms with Crippen LogP contribution < -0.4 is 10.2 Å². The molecule has 0 aliphatic carbocycles. The molecule has 130 valence electrons. The number of carbonyl (C=O) groups excluding carboxylic acids is 2. The van der Waals surface area contributed by atoms with Crippen LogP contribution in [0.4, 0.5) is 5.69 Å². The van der Waals surface area contributed by atoms with Crippen LogP contribution in [-0.2, 0) is 19.7 Å². The molecule has 2 saturated heterocycles. The Hall–Kier alpha value is -2.14. The number of carbonyl (C=O) groups is 2. The molecule has 1 spiro atoms. The Balaban J connectivity index is 1.62.